The summed E-state index contributed by atoms with van der Waals surface area (Å²) in [5.41, 5.74) is 3.68. The molecular weight excluding hydrogens is 368 g/mol. The Kier molecular flexibility index (Phi) is 5.97. The van der Waals surface area contributed by atoms with Crippen LogP contribution in [0, 0.1) is 0 Å². The van der Waals surface area contributed by atoms with Crippen molar-refractivity contribution < 1.29 is 10.2 Å². The van der Waals surface area contributed by atoms with E-state index in [-0.39, 0.29) is 11.5 Å². The Morgan fingerprint density at radius 2 is 1.52 bits per heavy atom. The van der Waals surface area contributed by atoms with Crippen LogP contribution in [0.1, 0.15) is 44.1 Å². The average Bonchev–Trinajstić information content (AvgIpc) is 2.77. The van der Waals surface area contributed by atoms with Crippen LogP contribution < -0.4 is 15.2 Å². The Labute approximate surface area is 170 Å². The van der Waals surface area contributed by atoms with Gasteiger partial charge in [0.1, 0.15) is 5.82 Å². The first-order chi connectivity index (χ1) is 14.2. The second-order valence-electron chi connectivity index (χ2n) is 7.62. The predicted octanol–water partition coefficient (Wildman–Crippen LogP) is 3.31. The molecule has 0 saturated carbocycles. The molecule has 0 spiro atoms. The van der Waals surface area contributed by atoms with Gasteiger partial charge in [-0.15, -0.1) is 0 Å². The van der Waals surface area contributed by atoms with Crippen molar-refractivity contribution in [3.63, 3.8) is 0 Å². The predicted molar refractivity (Wildman–Crippen MR) is 115 cm³/mol. The summed E-state index contributed by atoms with van der Waals surface area (Å²) in [7, 11) is 0. The van der Waals surface area contributed by atoms with E-state index in [1.54, 1.807) is 12.3 Å². The van der Waals surface area contributed by atoms with E-state index in [0.717, 1.165) is 37.9 Å². The molecule has 0 amide bonds. The monoisotopic (exact) mass is 396 g/mol. The van der Waals surface area contributed by atoms with Crippen LogP contribution in [0.25, 0.3) is 0 Å². The number of aromatic nitrogens is 2. The minimum atomic E-state index is -0.171. The Hall–Kier alpha value is -3.03. The van der Waals surface area contributed by atoms with Gasteiger partial charge in [-0.2, -0.15) is 15.1 Å². The maximum absolute atomic E-state index is 9.61. The third-order valence-electron chi connectivity index (χ3n) is 5.41. The van der Waals surface area contributed by atoms with Gasteiger partial charge in [-0.25, -0.2) is 0 Å². The number of phenolic OH excluding ortho intramolecular Hbond substituents is 2. The van der Waals surface area contributed by atoms with Gasteiger partial charge in [0.25, 0.3) is 0 Å². The summed E-state index contributed by atoms with van der Waals surface area (Å²) < 4.78 is 0. The van der Waals surface area contributed by atoms with Gasteiger partial charge in [0.15, 0.2) is 17.3 Å². The molecule has 0 aliphatic carbocycles. The second kappa shape index (κ2) is 8.98. The lowest BCUT2D eigenvalue weighted by Gasteiger charge is -2.31. The molecule has 8 nitrogen and oxygen atoms in total. The Bertz CT molecular complexity index is 824. The average molecular weight is 396 g/mol. The molecule has 154 valence electrons. The fourth-order valence-electron chi connectivity index (χ4n) is 3.79. The zero-order valence-corrected chi connectivity index (χ0v) is 16.6. The molecule has 0 atom stereocenters. The van der Waals surface area contributed by atoms with Crippen LogP contribution in [0.5, 0.6) is 11.5 Å². The number of hydrogen-bond acceptors (Lipinski definition) is 8. The Morgan fingerprint density at radius 1 is 0.828 bits per heavy atom. The fraction of sp³-hybridized carbons (Fsp3) is 0.476. The van der Waals surface area contributed by atoms with Crippen molar-refractivity contribution in [3.05, 3.63) is 29.8 Å². The highest BCUT2D eigenvalue weighted by Crippen LogP contribution is 2.26. The molecule has 2 aromatic rings. The lowest BCUT2D eigenvalue weighted by molar-refractivity contribution is 0.403. The fourth-order valence-corrected chi connectivity index (χ4v) is 3.79. The molecule has 3 N–H and O–H groups in total. The topological polar surface area (TPSA) is 97.1 Å². The molecule has 29 heavy (non-hydrogen) atoms. The maximum Gasteiger partial charge on any atom is 0.229 e. The third kappa shape index (κ3) is 4.88. The quantitative estimate of drug-likeness (QED) is 0.405. The number of rotatable bonds is 5. The summed E-state index contributed by atoms with van der Waals surface area (Å²) in [6.07, 6.45) is 8.84. The summed E-state index contributed by atoms with van der Waals surface area (Å²) in [4.78, 5) is 14.1. The molecule has 0 bridgehead atoms. The maximum atomic E-state index is 9.61. The van der Waals surface area contributed by atoms with Crippen LogP contribution >= 0.6 is 0 Å². The van der Waals surface area contributed by atoms with Crippen molar-refractivity contribution in [3.8, 4) is 11.5 Å². The van der Waals surface area contributed by atoms with E-state index in [9.17, 15) is 10.2 Å². The van der Waals surface area contributed by atoms with Gasteiger partial charge >= 0.3 is 0 Å². The molecule has 2 fully saturated rings. The van der Waals surface area contributed by atoms with Gasteiger partial charge in [0.2, 0.25) is 5.95 Å². The Balaban J connectivity index is 1.55. The van der Waals surface area contributed by atoms with E-state index in [0.29, 0.717) is 11.4 Å². The van der Waals surface area contributed by atoms with Crippen LogP contribution in [-0.2, 0) is 0 Å². The van der Waals surface area contributed by atoms with Gasteiger partial charge < -0.3 is 20.0 Å². The lowest BCUT2D eigenvalue weighted by Crippen LogP contribution is -2.33. The first-order valence-corrected chi connectivity index (χ1v) is 10.4. The van der Waals surface area contributed by atoms with Crippen LogP contribution in [0.2, 0.25) is 0 Å². The van der Waals surface area contributed by atoms with Crippen LogP contribution in [0.4, 0.5) is 17.6 Å². The molecule has 0 radical (unpaired) electrons. The van der Waals surface area contributed by atoms with Crippen LogP contribution in [0.3, 0.4) is 0 Å². The molecule has 3 heterocycles. The molecule has 2 aliphatic rings. The van der Waals surface area contributed by atoms with Gasteiger partial charge in [-0.1, -0.05) is 0 Å². The van der Waals surface area contributed by atoms with E-state index in [2.05, 4.69) is 25.3 Å². The summed E-state index contributed by atoms with van der Waals surface area (Å²) in [6.45, 7) is 4.01. The summed E-state index contributed by atoms with van der Waals surface area (Å²) >= 11 is 0. The number of hydrogen-bond donors (Lipinski definition) is 3. The minimum Gasteiger partial charge on any atom is -0.504 e. The zero-order valence-electron chi connectivity index (χ0n) is 16.6. The molecule has 2 aliphatic heterocycles. The molecule has 2 saturated heterocycles. The summed E-state index contributed by atoms with van der Waals surface area (Å²) in [5.74, 6) is 2.03. The minimum absolute atomic E-state index is 0.150. The van der Waals surface area contributed by atoms with Crippen LogP contribution in [-0.4, -0.2) is 52.6 Å². The SMILES string of the molecule is Oc1ccc(/C=N/Nc2cc(N3CCCCC3)nc(N3CCCCC3)n2)cc1O. The largest absolute Gasteiger partial charge is 0.504 e. The summed E-state index contributed by atoms with van der Waals surface area (Å²) in [5, 5.41) is 23.3. The van der Waals surface area contributed by atoms with E-state index >= 15 is 0 Å². The van der Waals surface area contributed by atoms with Gasteiger partial charge in [0, 0.05) is 32.2 Å². The van der Waals surface area contributed by atoms with Crippen molar-refractivity contribution in [1.82, 2.24) is 9.97 Å². The second-order valence-corrected chi connectivity index (χ2v) is 7.62. The highest BCUT2D eigenvalue weighted by atomic mass is 16.3. The summed E-state index contributed by atoms with van der Waals surface area (Å²) in [6, 6.07) is 6.52. The van der Waals surface area contributed by atoms with Crippen molar-refractivity contribution in [2.24, 2.45) is 5.10 Å². The molecule has 1 aromatic heterocycles. The van der Waals surface area contributed by atoms with E-state index in [1.165, 1.54) is 50.7 Å². The number of hydrazone groups is 1. The highest BCUT2D eigenvalue weighted by molar-refractivity contribution is 5.81. The number of anilines is 3. The highest BCUT2D eigenvalue weighted by Gasteiger charge is 2.19. The molecule has 8 heteroatoms. The number of piperidine rings is 2. The number of nitrogens with one attached hydrogen (secondary N) is 1. The lowest BCUT2D eigenvalue weighted by atomic mass is 10.1. The van der Waals surface area contributed by atoms with Crippen molar-refractivity contribution in [2.45, 2.75) is 38.5 Å². The molecule has 1 aromatic carbocycles. The smallest absolute Gasteiger partial charge is 0.229 e. The number of nitrogens with zero attached hydrogens (tertiary/aromatic N) is 5. The molecule has 4 rings (SSSR count). The van der Waals surface area contributed by atoms with E-state index in [1.807, 2.05) is 6.07 Å². The van der Waals surface area contributed by atoms with Crippen LogP contribution in [0.15, 0.2) is 29.4 Å². The van der Waals surface area contributed by atoms with Gasteiger partial charge in [0.05, 0.1) is 6.21 Å². The van der Waals surface area contributed by atoms with E-state index in [4.69, 9.17) is 4.98 Å². The first-order valence-electron chi connectivity index (χ1n) is 10.4. The normalized spacial score (nSPS) is 17.7. The molecule has 0 unspecified atom stereocenters. The Morgan fingerprint density at radius 3 is 2.21 bits per heavy atom. The third-order valence-corrected chi connectivity index (χ3v) is 5.41. The first kappa shape index (κ1) is 19.3. The van der Waals surface area contributed by atoms with E-state index < -0.39 is 0 Å². The number of phenols is 2. The van der Waals surface area contributed by atoms with Crippen molar-refractivity contribution in [2.75, 3.05) is 41.4 Å². The van der Waals surface area contributed by atoms with Crippen molar-refractivity contribution in [1.29, 1.82) is 0 Å². The zero-order chi connectivity index (χ0) is 20.1. The van der Waals surface area contributed by atoms with Gasteiger partial charge in [-0.3, -0.25) is 5.43 Å². The van der Waals surface area contributed by atoms with Gasteiger partial charge in [-0.05, 0) is 62.3 Å². The standard InChI is InChI=1S/C21H28N6O2/c28-17-8-7-16(13-18(17)29)15-22-25-19-14-20(26-9-3-1-4-10-26)24-21(23-19)27-11-5-2-6-12-27/h7-8,13-15,28-29H,1-6,9-12H2,(H,23,24,25)/b22-15+. The number of aromatic hydroxyl groups is 2. The molecular formula is C21H28N6O2. The van der Waals surface area contributed by atoms with Crippen molar-refractivity contribution >= 4 is 23.8 Å². The number of benzene rings is 1.